The third kappa shape index (κ3) is 3.02. The van der Waals surface area contributed by atoms with Gasteiger partial charge in [0.2, 0.25) is 0 Å². The summed E-state index contributed by atoms with van der Waals surface area (Å²) < 4.78 is 13.0. The molecule has 0 atom stereocenters. The van der Waals surface area contributed by atoms with Crippen LogP contribution in [-0.2, 0) is 18.3 Å². The second kappa shape index (κ2) is 4.07. The van der Waals surface area contributed by atoms with E-state index < -0.39 is 0 Å². The summed E-state index contributed by atoms with van der Waals surface area (Å²) in [5, 5.41) is 0. The number of rotatable bonds is 0. The predicted molar refractivity (Wildman–Crippen MR) is 34.2 cm³/mol. The van der Waals surface area contributed by atoms with Gasteiger partial charge in [-0.2, -0.15) is 0 Å². The van der Waals surface area contributed by atoms with Crippen molar-refractivity contribution in [1.29, 1.82) is 0 Å². The van der Waals surface area contributed by atoms with Crippen LogP contribution in [0, 0.1) is 5.82 Å². The average molecular weight is 242 g/mol. The zero-order valence-electron chi connectivity index (χ0n) is 4.67. The van der Waals surface area contributed by atoms with Gasteiger partial charge in [0.25, 0.3) is 0 Å². The molecule has 0 saturated heterocycles. The van der Waals surface area contributed by atoms with E-state index >= 15 is 0 Å². The van der Waals surface area contributed by atoms with Crippen LogP contribution in [0.1, 0.15) is 0 Å². The number of aromatic nitrogens is 1. The summed E-state index contributed by atoms with van der Waals surface area (Å²) in [6.07, 6.45) is 1.23. The zero-order chi connectivity index (χ0) is 5.98. The fourth-order valence-corrected chi connectivity index (χ4v) is 0.845. The second-order valence-electron chi connectivity index (χ2n) is 1.47. The van der Waals surface area contributed by atoms with E-state index in [0.29, 0.717) is 0 Å². The maximum atomic E-state index is 12.0. The molecule has 9 heavy (non-hydrogen) atoms. The van der Waals surface area contributed by atoms with E-state index in [-0.39, 0.29) is 22.8 Å². The first-order valence-corrected chi connectivity index (χ1v) is 3.71. The van der Waals surface area contributed by atoms with Crippen LogP contribution in [0.25, 0.3) is 0 Å². The Balaban J connectivity index is 0.000000640. The Bertz CT molecular complexity index is 156. The van der Waals surface area contributed by atoms with E-state index in [9.17, 15) is 4.39 Å². The summed E-state index contributed by atoms with van der Waals surface area (Å²) in [5.74, 6) is -0.262. The summed E-state index contributed by atoms with van der Waals surface area (Å²) >= 11 is 0.986. The zero-order valence-corrected chi connectivity index (χ0v) is 9.35. The van der Waals surface area contributed by atoms with Crippen LogP contribution in [0.4, 0.5) is 4.39 Å². The van der Waals surface area contributed by atoms with Crippen LogP contribution in [0.2, 0.25) is 0 Å². The molecule has 1 aromatic heterocycles. The van der Waals surface area contributed by atoms with E-state index in [0.717, 1.165) is 22.6 Å². The molecule has 1 rings (SSSR count). The topological polar surface area (TPSA) is 12.9 Å². The molecule has 0 aliphatic rings. The van der Waals surface area contributed by atoms with Gasteiger partial charge in [0.1, 0.15) is 0 Å². The van der Waals surface area contributed by atoms with Crippen molar-refractivity contribution >= 4 is 21.3 Å². The van der Waals surface area contributed by atoms with Gasteiger partial charge in [-0.15, -0.1) is 17.0 Å². The molecule has 0 spiro atoms. The van der Waals surface area contributed by atoms with Crippen LogP contribution in [0.3, 0.4) is 0 Å². The summed E-state index contributed by atoms with van der Waals surface area (Å²) in [6.45, 7) is 0. The second-order valence-corrected chi connectivity index (χ2v) is 2.99. The van der Waals surface area contributed by atoms with Gasteiger partial charge in [-0.3, -0.25) is 0 Å². The van der Waals surface area contributed by atoms with Crippen LogP contribution in [-0.4, -0.2) is 4.98 Å². The van der Waals surface area contributed by atoms with Crippen molar-refractivity contribution < 1.29 is 22.7 Å². The van der Waals surface area contributed by atoms with Crippen molar-refractivity contribution in [1.82, 2.24) is 4.98 Å². The van der Waals surface area contributed by atoms with Crippen molar-refractivity contribution in [2.45, 2.75) is 0 Å². The van der Waals surface area contributed by atoms with Gasteiger partial charge in [-0.1, -0.05) is 0 Å². The quantitative estimate of drug-likeness (QED) is 0.618. The normalized spacial score (nSPS) is 8.33. The molecule has 0 unspecified atom stereocenters. The first kappa shape index (κ1) is 9.18. The molecular formula is C5H4BrFNZn. The van der Waals surface area contributed by atoms with Crippen LogP contribution < -0.4 is 4.29 Å². The number of pyridine rings is 1. The van der Waals surface area contributed by atoms with Crippen LogP contribution in [0.5, 0.6) is 0 Å². The van der Waals surface area contributed by atoms with Gasteiger partial charge in [-0.25, -0.2) is 0 Å². The van der Waals surface area contributed by atoms with E-state index in [2.05, 4.69) is 4.98 Å². The Hall–Kier alpha value is 0.183. The molecule has 0 N–H and O–H groups in total. The molecule has 1 nitrogen and oxygen atoms in total. The monoisotopic (exact) mass is 240 g/mol. The molecule has 45 valence electrons. The van der Waals surface area contributed by atoms with Gasteiger partial charge in [0, 0.05) is 0 Å². The van der Waals surface area contributed by atoms with Crippen molar-refractivity contribution in [3.63, 3.8) is 0 Å². The molecule has 0 saturated carbocycles. The fraction of sp³-hybridized carbons (Fsp3) is 0. The Labute approximate surface area is 73.1 Å². The molecule has 0 bridgehead atoms. The molecule has 0 amide bonds. The SMILES string of the molecule is Br.Fc1cc[c]([Zn])nc1. The van der Waals surface area contributed by atoms with Crippen molar-refractivity contribution in [2.75, 3.05) is 0 Å². The first-order chi connectivity index (χ1) is 3.79. The number of halogens is 2. The predicted octanol–water partition coefficient (Wildman–Crippen LogP) is 0.971. The fourth-order valence-electron chi connectivity index (χ4n) is 0.406. The summed E-state index contributed by atoms with van der Waals surface area (Å²) in [6, 6.07) is 3.11. The summed E-state index contributed by atoms with van der Waals surface area (Å²) in [7, 11) is 0. The molecule has 0 fully saturated rings. The van der Waals surface area contributed by atoms with Crippen molar-refractivity contribution in [3.8, 4) is 0 Å². The molecule has 1 aromatic rings. The Morgan fingerprint density at radius 2 is 2.11 bits per heavy atom. The molecule has 0 aliphatic heterocycles. The average Bonchev–Trinajstić information content (AvgIpc) is 1.77. The Morgan fingerprint density at radius 3 is 2.44 bits per heavy atom. The third-order valence-corrected chi connectivity index (χ3v) is 1.67. The van der Waals surface area contributed by atoms with Gasteiger partial charge in [-0.05, 0) is 0 Å². The first-order valence-electron chi connectivity index (χ1n) is 2.22. The van der Waals surface area contributed by atoms with Gasteiger partial charge < -0.3 is 0 Å². The molecule has 0 aliphatic carbocycles. The summed E-state index contributed by atoms with van der Waals surface area (Å²) in [5.41, 5.74) is 0. The molecule has 1 heterocycles. The summed E-state index contributed by atoms with van der Waals surface area (Å²) in [4.78, 5) is 3.76. The third-order valence-electron chi connectivity index (χ3n) is 0.789. The molecule has 4 heteroatoms. The minimum absolute atomic E-state index is 0. The van der Waals surface area contributed by atoms with Gasteiger partial charge >= 0.3 is 56.1 Å². The van der Waals surface area contributed by atoms with Gasteiger partial charge in [0.05, 0.1) is 0 Å². The number of hydrogen-bond acceptors (Lipinski definition) is 1. The van der Waals surface area contributed by atoms with E-state index in [1.54, 1.807) is 6.07 Å². The van der Waals surface area contributed by atoms with Crippen LogP contribution >= 0.6 is 17.0 Å². The molecule has 0 aromatic carbocycles. The van der Waals surface area contributed by atoms with E-state index in [1.165, 1.54) is 12.3 Å². The standard InChI is InChI=1S/C5H3FN.BrH.Zn/c6-5-2-1-3-7-4-5;;/h1-2,4H;1H;. The Morgan fingerprint density at radius 1 is 1.44 bits per heavy atom. The molecular weight excluding hydrogens is 238 g/mol. The van der Waals surface area contributed by atoms with E-state index in [4.69, 9.17) is 0 Å². The van der Waals surface area contributed by atoms with Crippen molar-refractivity contribution in [3.05, 3.63) is 24.1 Å². The van der Waals surface area contributed by atoms with Crippen LogP contribution in [0.15, 0.2) is 18.3 Å². The van der Waals surface area contributed by atoms with Gasteiger partial charge in [0.15, 0.2) is 0 Å². The minimum atomic E-state index is -0.262. The van der Waals surface area contributed by atoms with Crippen molar-refractivity contribution in [2.24, 2.45) is 0 Å². The Kier molecular flexibility index (Phi) is 4.15. The molecule has 0 radical (unpaired) electrons. The van der Waals surface area contributed by atoms with E-state index in [1.807, 2.05) is 0 Å². The number of nitrogens with zero attached hydrogens (tertiary/aromatic N) is 1. The maximum absolute atomic E-state index is 12.0. The number of hydrogen-bond donors (Lipinski definition) is 0.